The van der Waals surface area contributed by atoms with Gasteiger partial charge in [0.25, 0.3) is 0 Å². The molecule has 134 valence electrons. The third kappa shape index (κ3) is 6.13. The van der Waals surface area contributed by atoms with Crippen molar-refractivity contribution in [3.8, 4) is 5.75 Å². The fourth-order valence-electron chi connectivity index (χ4n) is 2.96. The Labute approximate surface area is 145 Å². The number of carbonyl (C=O) groups excluding carboxylic acids is 1. The van der Waals surface area contributed by atoms with Crippen LogP contribution in [0.15, 0.2) is 24.3 Å². The maximum Gasteiger partial charge on any atom is 0.222 e. The molecule has 2 rings (SSSR count). The third-order valence-corrected chi connectivity index (χ3v) is 4.62. The Kier molecular flexibility index (Phi) is 8.05. The summed E-state index contributed by atoms with van der Waals surface area (Å²) in [6.07, 6.45) is 4.29. The largest absolute Gasteiger partial charge is 0.494 e. The Bertz CT molecular complexity index is 482. The number of amides is 1. The highest BCUT2D eigenvalue weighted by Crippen LogP contribution is 2.17. The number of piperidine rings is 1. The van der Waals surface area contributed by atoms with Crippen molar-refractivity contribution in [3.63, 3.8) is 0 Å². The van der Waals surface area contributed by atoms with Crippen molar-refractivity contribution in [2.24, 2.45) is 11.7 Å². The van der Waals surface area contributed by atoms with Crippen molar-refractivity contribution >= 4 is 5.91 Å². The molecule has 0 aliphatic carbocycles. The maximum absolute atomic E-state index is 12.2. The predicted molar refractivity (Wildman–Crippen MR) is 95.1 cm³/mol. The van der Waals surface area contributed by atoms with Crippen LogP contribution >= 0.6 is 0 Å². The molecule has 0 spiro atoms. The van der Waals surface area contributed by atoms with E-state index in [-0.39, 0.29) is 5.91 Å². The Balaban J connectivity index is 1.61. The van der Waals surface area contributed by atoms with Crippen LogP contribution in [0.3, 0.4) is 0 Å². The summed E-state index contributed by atoms with van der Waals surface area (Å²) in [6.45, 7) is 3.74. The molecule has 1 heterocycles. The normalized spacial score (nSPS) is 15.5. The molecule has 2 N–H and O–H groups in total. The molecule has 1 aromatic carbocycles. The molecule has 5 heteroatoms. The second kappa shape index (κ2) is 10.3. The van der Waals surface area contributed by atoms with Gasteiger partial charge in [0.05, 0.1) is 13.2 Å². The summed E-state index contributed by atoms with van der Waals surface area (Å²) in [6, 6.07) is 8.07. The number of likely N-dealkylation sites (tertiary alicyclic amines) is 1. The molecule has 0 atom stereocenters. The first-order valence-electron chi connectivity index (χ1n) is 8.91. The molecule has 1 saturated heterocycles. The molecule has 0 bridgehead atoms. The summed E-state index contributed by atoms with van der Waals surface area (Å²) in [5, 5.41) is 0. The zero-order valence-corrected chi connectivity index (χ0v) is 14.7. The van der Waals surface area contributed by atoms with Gasteiger partial charge in [-0.25, -0.2) is 0 Å². The van der Waals surface area contributed by atoms with Crippen molar-refractivity contribution in [1.29, 1.82) is 0 Å². The number of nitrogens with zero attached hydrogens (tertiary/aromatic N) is 1. The first-order chi connectivity index (χ1) is 11.7. The second-order valence-corrected chi connectivity index (χ2v) is 6.40. The van der Waals surface area contributed by atoms with Gasteiger partial charge >= 0.3 is 0 Å². The number of ether oxygens (including phenoxy) is 2. The van der Waals surface area contributed by atoms with E-state index in [4.69, 9.17) is 15.2 Å². The number of methoxy groups -OCH3 is 1. The lowest BCUT2D eigenvalue weighted by molar-refractivity contribution is -0.132. The van der Waals surface area contributed by atoms with Crippen LogP contribution in [-0.4, -0.2) is 50.8 Å². The number of nitrogens with two attached hydrogens (primary N) is 1. The molecule has 1 amide bonds. The number of benzene rings is 1. The minimum atomic E-state index is 0.240. The van der Waals surface area contributed by atoms with Crippen LogP contribution in [-0.2, 0) is 16.0 Å². The Morgan fingerprint density at radius 2 is 1.92 bits per heavy atom. The number of rotatable bonds is 9. The van der Waals surface area contributed by atoms with Crippen LogP contribution in [0.5, 0.6) is 5.75 Å². The lowest BCUT2D eigenvalue weighted by Crippen LogP contribution is -2.40. The third-order valence-electron chi connectivity index (χ3n) is 4.62. The molecule has 5 nitrogen and oxygen atoms in total. The van der Waals surface area contributed by atoms with Crippen molar-refractivity contribution in [2.45, 2.75) is 32.1 Å². The van der Waals surface area contributed by atoms with E-state index >= 15 is 0 Å². The quantitative estimate of drug-likeness (QED) is 0.703. The van der Waals surface area contributed by atoms with Gasteiger partial charge in [-0.05, 0) is 55.8 Å². The van der Waals surface area contributed by atoms with Gasteiger partial charge in [-0.1, -0.05) is 12.1 Å². The topological polar surface area (TPSA) is 64.8 Å². The summed E-state index contributed by atoms with van der Waals surface area (Å²) in [4.78, 5) is 14.1. The number of carbonyl (C=O) groups is 1. The summed E-state index contributed by atoms with van der Waals surface area (Å²) >= 11 is 0. The smallest absolute Gasteiger partial charge is 0.222 e. The lowest BCUT2D eigenvalue weighted by Gasteiger charge is -2.31. The Hall–Kier alpha value is -1.59. The second-order valence-electron chi connectivity index (χ2n) is 6.40. The summed E-state index contributed by atoms with van der Waals surface area (Å²) in [5.74, 6) is 1.68. The van der Waals surface area contributed by atoms with E-state index in [1.54, 1.807) is 7.11 Å². The van der Waals surface area contributed by atoms with Gasteiger partial charge in [0.1, 0.15) is 5.75 Å². The summed E-state index contributed by atoms with van der Waals surface area (Å²) < 4.78 is 10.8. The molecular weight excluding hydrogens is 304 g/mol. The molecule has 0 unspecified atom stereocenters. The van der Waals surface area contributed by atoms with Crippen LogP contribution in [0.2, 0.25) is 0 Å². The van der Waals surface area contributed by atoms with E-state index in [0.29, 0.717) is 18.9 Å². The van der Waals surface area contributed by atoms with Gasteiger partial charge in [0.2, 0.25) is 5.91 Å². The Morgan fingerprint density at radius 3 is 2.54 bits per heavy atom. The molecule has 0 saturated carbocycles. The highest BCUT2D eigenvalue weighted by molar-refractivity contribution is 5.76. The fraction of sp³-hybridized carbons (Fsp3) is 0.632. The van der Waals surface area contributed by atoms with Crippen LogP contribution in [0.1, 0.15) is 31.2 Å². The van der Waals surface area contributed by atoms with E-state index in [9.17, 15) is 4.79 Å². The van der Waals surface area contributed by atoms with Crippen LogP contribution in [0, 0.1) is 5.92 Å². The van der Waals surface area contributed by atoms with Crippen LogP contribution in [0.25, 0.3) is 0 Å². The minimum absolute atomic E-state index is 0.240. The molecule has 0 aromatic heterocycles. The van der Waals surface area contributed by atoms with Gasteiger partial charge in [0.15, 0.2) is 0 Å². The molecule has 1 fully saturated rings. The molecular formula is C19H30N2O3. The van der Waals surface area contributed by atoms with E-state index in [1.807, 2.05) is 17.0 Å². The lowest BCUT2D eigenvalue weighted by atomic mass is 9.97. The fourth-order valence-corrected chi connectivity index (χ4v) is 2.96. The van der Waals surface area contributed by atoms with E-state index in [2.05, 4.69) is 12.1 Å². The van der Waals surface area contributed by atoms with E-state index < -0.39 is 0 Å². The highest BCUT2D eigenvalue weighted by Gasteiger charge is 2.21. The van der Waals surface area contributed by atoms with Crippen LogP contribution in [0.4, 0.5) is 0 Å². The molecule has 1 aliphatic rings. The average molecular weight is 334 g/mol. The van der Waals surface area contributed by atoms with Gasteiger partial charge < -0.3 is 20.1 Å². The van der Waals surface area contributed by atoms with Crippen molar-refractivity contribution in [2.75, 3.05) is 40.0 Å². The molecule has 1 aliphatic heterocycles. The predicted octanol–water partition coefficient (Wildman–Crippen LogP) is 2.23. The van der Waals surface area contributed by atoms with Crippen LogP contribution < -0.4 is 10.5 Å². The van der Waals surface area contributed by atoms with Crippen molar-refractivity contribution < 1.29 is 14.3 Å². The van der Waals surface area contributed by atoms with E-state index in [0.717, 1.165) is 57.7 Å². The Morgan fingerprint density at radius 1 is 1.21 bits per heavy atom. The standard InChI is InChI=1S/C19H30N2O3/c1-23-14-10-16-4-6-18(7-5-16)24-13-2-3-19(22)21-11-8-17(15-20)9-12-21/h4-7,17H,2-3,8-15,20H2,1H3. The number of hydrogen-bond donors (Lipinski definition) is 1. The molecule has 24 heavy (non-hydrogen) atoms. The first-order valence-corrected chi connectivity index (χ1v) is 8.91. The number of hydrogen-bond acceptors (Lipinski definition) is 4. The van der Waals surface area contributed by atoms with Gasteiger partial charge in [0, 0.05) is 26.6 Å². The van der Waals surface area contributed by atoms with Crippen molar-refractivity contribution in [1.82, 2.24) is 4.90 Å². The molecule has 1 aromatic rings. The van der Waals surface area contributed by atoms with Gasteiger partial charge in [-0.3, -0.25) is 4.79 Å². The monoisotopic (exact) mass is 334 g/mol. The summed E-state index contributed by atoms with van der Waals surface area (Å²) in [5.41, 5.74) is 6.92. The maximum atomic E-state index is 12.2. The SMILES string of the molecule is COCCc1ccc(OCCCC(=O)N2CCC(CN)CC2)cc1. The van der Waals surface area contributed by atoms with Crippen molar-refractivity contribution in [3.05, 3.63) is 29.8 Å². The zero-order chi connectivity index (χ0) is 17.2. The van der Waals surface area contributed by atoms with Gasteiger partial charge in [-0.15, -0.1) is 0 Å². The summed E-state index contributed by atoms with van der Waals surface area (Å²) in [7, 11) is 1.71. The van der Waals surface area contributed by atoms with Gasteiger partial charge in [-0.2, -0.15) is 0 Å². The molecule has 0 radical (unpaired) electrons. The highest BCUT2D eigenvalue weighted by atomic mass is 16.5. The zero-order valence-electron chi connectivity index (χ0n) is 14.7. The first kappa shape index (κ1) is 18.7. The minimum Gasteiger partial charge on any atom is -0.494 e. The average Bonchev–Trinajstić information content (AvgIpc) is 2.64. The van der Waals surface area contributed by atoms with E-state index in [1.165, 1.54) is 5.56 Å².